The topological polar surface area (TPSA) is 15.3 Å². The SMILES string of the molecule is c1ccc(C2(CN3CCNC[C@@H]3CC3CCCCC3)CC2)cc1. The first-order chi connectivity index (χ1) is 11.4. The van der Waals surface area contributed by atoms with Gasteiger partial charge >= 0.3 is 0 Å². The van der Waals surface area contributed by atoms with Crippen LogP contribution < -0.4 is 5.32 Å². The molecule has 0 unspecified atom stereocenters. The van der Waals surface area contributed by atoms with Crippen molar-refractivity contribution in [2.45, 2.75) is 62.8 Å². The van der Waals surface area contributed by atoms with Gasteiger partial charge in [-0.3, -0.25) is 4.90 Å². The Morgan fingerprint density at radius 1 is 1.04 bits per heavy atom. The maximum Gasteiger partial charge on any atom is 0.0224 e. The van der Waals surface area contributed by atoms with Crippen molar-refractivity contribution in [1.29, 1.82) is 0 Å². The molecule has 126 valence electrons. The van der Waals surface area contributed by atoms with Gasteiger partial charge in [0.15, 0.2) is 0 Å². The molecule has 2 nitrogen and oxygen atoms in total. The number of rotatable bonds is 5. The average molecular weight is 313 g/mol. The summed E-state index contributed by atoms with van der Waals surface area (Å²) in [5.41, 5.74) is 2.05. The molecule has 3 fully saturated rings. The highest BCUT2D eigenvalue weighted by molar-refractivity contribution is 5.31. The number of piperazine rings is 1. The number of hydrogen-bond acceptors (Lipinski definition) is 2. The van der Waals surface area contributed by atoms with E-state index in [1.165, 1.54) is 77.5 Å². The van der Waals surface area contributed by atoms with Crippen molar-refractivity contribution in [3.63, 3.8) is 0 Å². The molecule has 4 rings (SSSR count). The van der Waals surface area contributed by atoms with Crippen LogP contribution in [-0.2, 0) is 5.41 Å². The summed E-state index contributed by atoms with van der Waals surface area (Å²) in [4.78, 5) is 2.84. The zero-order valence-electron chi connectivity index (χ0n) is 14.5. The van der Waals surface area contributed by atoms with Gasteiger partial charge in [-0.1, -0.05) is 62.4 Å². The van der Waals surface area contributed by atoms with Crippen LogP contribution in [0.3, 0.4) is 0 Å². The third kappa shape index (κ3) is 3.64. The van der Waals surface area contributed by atoms with Gasteiger partial charge in [-0.25, -0.2) is 0 Å². The molecular formula is C21H32N2. The van der Waals surface area contributed by atoms with Crippen molar-refractivity contribution in [2.24, 2.45) is 5.92 Å². The first-order valence-electron chi connectivity index (χ1n) is 9.86. The van der Waals surface area contributed by atoms with Gasteiger partial charge in [-0.05, 0) is 30.7 Å². The minimum atomic E-state index is 0.476. The van der Waals surface area contributed by atoms with Crippen LogP contribution in [0.25, 0.3) is 0 Å². The third-order valence-corrected chi connectivity index (χ3v) is 6.55. The van der Waals surface area contributed by atoms with E-state index in [0.29, 0.717) is 5.41 Å². The molecule has 0 radical (unpaired) electrons. The van der Waals surface area contributed by atoms with Gasteiger partial charge in [0.2, 0.25) is 0 Å². The van der Waals surface area contributed by atoms with Crippen molar-refractivity contribution in [2.75, 3.05) is 26.2 Å². The fourth-order valence-corrected chi connectivity index (χ4v) is 4.92. The smallest absolute Gasteiger partial charge is 0.0224 e. The van der Waals surface area contributed by atoms with Gasteiger partial charge in [0.05, 0.1) is 0 Å². The number of nitrogens with one attached hydrogen (secondary N) is 1. The van der Waals surface area contributed by atoms with Gasteiger partial charge in [0.25, 0.3) is 0 Å². The van der Waals surface area contributed by atoms with Gasteiger partial charge in [0, 0.05) is 37.6 Å². The largest absolute Gasteiger partial charge is 0.314 e. The predicted octanol–water partition coefficient (Wildman–Crippen LogP) is 3.96. The molecule has 0 aromatic heterocycles. The summed E-state index contributed by atoms with van der Waals surface area (Å²) < 4.78 is 0. The first-order valence-corrected chi connectivity index (χ1v) is 9.86. The van der Waals surface area contributed by atoms with E-state index in [0.717, 1.165) is 12.0 Å². The van der Waals surface area contributed by atoms with E-state index in [1.807, 2.05) is 0 Å². The Kier molecular flexibility index (Phi) is 4.73. The first kappa shape index (κ1) is 15.7. The second kappa shape index (κ2) is 6.94. The van der Waals surface area contributed by atoms with Crippen LogP contribution in [0.2, 0.25) is 0 Å². The quantitative estimate of drug-likeness (QED) is 0.885. The lowest BCUT2D eigenvalue weighted by Gasteiger charge is -2.40. The highest BCUT2D eigenvalue weighted by atomic mass is 15.2. The van der Waals surface area contributed by atoms with E-state index < -0.39 is 0 Å². The zero-order chi connectivity index (χ0) is 15.5. The second-order valence-corrected chi connectivity index (χ2v) is 8.21. The molecule has 0 spiro atoms. The summed E-state index contributed by atoms with van der Waals surface area (Å²) in [6.07, 6.45) is 11.6. The molecule has 1 N–H and O–H groups in total. The van der Waals surface area contributed by atoms with Crippen LogP contribution in [0.1, 0.15) is 56.9 Å². The Labute approximate surface area is 141 Å². The Hall–Kier alpha value is -0.860. The summed E-state index contributed by atoms with van der Waals surface area (Å²) >= 11 is 0. The van der Waals surface area contributed by atoms with Gasteiger partial charge < -0.3 is 5.32 Å². The third-order valence-electron chi connectivity index (χ3n) is 6.55. The Bertz CT molecular complexity index is 488. The average Bonchev–Trinajstić information content (AvgIpc) is 3.39. The minimum Gasteiger partial charge on any atom is -0.314 e. The lowest BCUT2D eigenvalue weighted by molar-refractivity contribution is 0.117. The van der Waals surface area contributed by atoms with E-state index in [9.17, 15) is 0 Å². The van der Waals surface area contributed by atoms with Crippen LogP contribution in [0.15, 0.2) is 30.3 Å². The van der Waals surface area contributed by atoms with Crippen molar-refractivity contribution < 1.29 is 0 Å². The molecule has 1 aliphatic heterocycles. The van der Waals surface area contributed by atoms with E-state index >= 15 is 0 Å². The van der Waals surface area contributed by atoms with E-state index in [2.05, 4.69) is 40.5 Å². The van der Waals surface area contributed by atoms with Crippen LogP contribution in [-0.4, -0.2) is 37.1 Å². The Balaban J connectivity index is 1.41. The molecular weight excluding hydrogens is 280 g/mol. The zero-order valence-corrected chi connectivity index (χ0v) is 14.5. The predicted molar refractivity (Wildman–Crippen MR) is 96.8 cm³/mol. The molecule has 1 saturated heterocycles. The van der Waals surface area contributed by atoms with E-state index in [1.54, 1.807) is 5.56 Å². The van der Waals surface area contributed by atoms with E-state index in [-0.39, 0.29) is 0 Å². The Morgan fingerprint density at radius 2 is 1.83 bits per heavy atom. The molecule has 3 aliphatic rings. The van der Waals surface area contributed by atoms with Crippen LogP contribution >= 0.6 is 0 Å². The lowest BCUT2D eigenvalue weighted by Crippen LogP contribution is -2.54. The normalized spacial score (nSPS) is 28.6. The van der Waals surface area contributed by atoms with Crippen molar-refractivity contribution in [3.05, 3.63) is 35.9 Å². The fraction of sp³-hybridized carbons (Fsp3) is 0.714. The van der Waals surface area contributed by atoms with Crippen molar-refractivity contribution >= 4 is 0 Å². The summed E-state index contributed by atoms with van der Waals surface area (Å²) in [6, 6.07) is 12.1. The maximum atomic E-state index is 3.66. The molecule has 1 aromatic rings. The monoisotopic (exact) mass is 312 g/mol. The minimum absolute atomic E-state index is 0.476. The molecule has 23 heavy (non-hydrogen) atoms. The second-order valence-electron chi connectivity index (χ2n) is 8.21. The molecule has 0 amide bonds. The summed E-state index contributed by atoms with van der Waals surface area (Å²) in [7, 11) is 0. The van der Waals surface area contributed by atoms with Crippen LogP contribution in [0, 0.1) is 5.92 Å². The van der Waals surface area contributed by atoms with Crippen molar-refractivity contribution in [1.82, 2.24) is 10.2 Å². The van der Waals surface area contributed by atoms with Crippen LogP contribution in [0.4, 0.5) is 0 Å². The maximum absolute atomic E-state index is 3.66. The summed E-state index contributed by atoms with van der Waals surface area (Å²) in [5.74, 6) is 0.989. The summed E-state index contributed by atoms with van der Waals surface area (Å²) in [5, 5.41) is 3.66. The van der Waals surface area contributed by atoms with Crippen molar-refractivity contribution in [3.8, 4) is 0 Å². The molecule has 2 saturated carbocycles. The molecule has 0 bridgehead atoms. The van der Waals surface area contributed by atoms with E-state index in [4.69, 9.17) is 0 Å². The Morgan fingerprint density at radius 3 is 2.57 bits per heavy atom. The number of hydrogen-bond donors (Lipinski definition) is 1. The lowest BCUT2D eigenvalue weighted by atomic mass is 9.83. The molecule has 1 aromatic carbocycles. The van der Waals surface area contributed by atoms with Crippen LogP contribution in [0.5, 0.6) is 0 Å². The van der Waals surface area contributed by atoms with Gasteiger partial charge in [0.1, 0.15) is 0 Å². The summed E-state index contributed by atoms with van der Waals surface area (Å²) in [6.45, 7) is 4.91. The number of benzene rings is 1. The molecule has 2 heteroatoms. The standard InChI is InChI=1S/C21H32N2/c1-3-7-18(8-4-1)15-20-16-22-13-14-23(20)17-21(11-12-21)19-9-5-2-6-10-19/h2,5-6,9-10,18,20,22H,1,3-4,7-8,11-17H2/t20-/m0/s1. The molecule has 2 aliphatic carbocycles. The van der Waals surface area contributed by atoms with Gasteiger partial charge in [-0.2, -0.15) is 0 Å². The van der Waals surface area contributed by atoms with Gasteiger partial charge in [-0.15, -0.1) is 0 Å². The molecule has 1 heterocycles. The molecule has 1 atom stereocenters. The highest BCUT2D eigenvalue weighted by Gasteiger charge is 2.46. The highest BCUT2D eigenvalue weighted by Crippen LogP contribution is 2.49. The fourth-order valence-electron chi connectivity index (χ4n) is 4.92. The number of nitrogens with zero attached hydrogens (tertiary/aromatic N) is 1.